The van der Waals surface area contributed by atoms with Gasteiger partial charge >= 0.3 is 0 Å². The van der Waals surface area contributed by atoms with Gasteiger partial charge in [0, 0.05) is 54.7 Å². The van der Waals surface area contributed by atoms with Crippen LogP contribution < -0.4 is 0 Å². The Hall–Kier alpha value is -8.54. The second-order valence-electron chi connectivity index (χ2n) is 16.5. The van der Waals surface area contributed by atoms with Crippen LogP contribution >= 0.6 is 0 Å². The van der Waals surface area contributed by atoms with E-state index in [1.807, 2.05) is 0 Å². The lowest BCUT2D eigenvalue weighted by molar-refractivity contribution is 0.952. The molecule has 14 aromatic rings. The van der Waals surface area contributed by atoms with Gasteiger partial charge in [0.25, 0.3) is 0 Å². The summed E-state index contributed by atoms with van der Waals surface area (Å²) in [5.41, 5.74) is 9.54. The molecule has 0 spiro atoms. The lowest BCUT2D eigenvalue weighted by Crippen LogP contribution is -2.07. The molecule has 0 bridgehead atoms. The van der Waals surface area contributed by atoms with Crippen molar-refractivity contribution < 1.29 is 0 Å². The number of para-hydroxylation sites is 7. The Balaban J connectivity index is 1.23. The van der Waals surface area contributed by atoms with Crippen LogP contribution in [0.25, 0.3) is 126 Å². The first-order chi connectivity index (χ1) is 31.3. The number of hydrogen-bond donors (Lipinski definition) is 0. The number of fused-ring (bicyclic) bond motifs is 16. The minimum atomic E-state index is 0.609. The third kappa shape index (κ3) is 4.76. The van der Waals surface area contributed by atoms with E-state index in [2.05, 4.69) is 226 Å². The molecule has 63 heavy (non-hydrogen) atoms. The summed E-state index contributed by atoms with van der Waals surface area (Å²) in [4.78, 5) is 11.3. The van der Waals surface area contributed by atoms with Crippen LogP contribution in [-0.4, -0.2) is 23.5 Å². The van der Waals surface area contributed by atoms with E-state index >= 15 is 0 Å². The highest BCUT2D eigenvalue weighted by Crippen LogP contribution is 2.42. The van der Waals surface area contributed by atoms with Gasteiger partial charge in [-0.25, -0.2) is 4.98 Å². The summed E-state index contributed by atoms with van der Waals surface area (Å²) in [6.45, 7) is 0. The Morgan fingerprint density at radius 1 is 0.270 bits per heavy atom. The predicted molar refractivity (Wildman–Crippen MR) is 263 cm³/mol. The summed E-state index contributed by atoms with van der Waals surface area (Å²) in [5.74, 6) is 1.41. The van der Waals surface area contributed by atoms with Gasteiger partial charge < -0.3 is 4.40 Å². The molecule has 5 heterocycles. The first-order valence-corrected chi connectivity index (χ1v) is 21.5. The summed E-state index contributed by atoms with van der Waals surface area (Å²) >= 11 is 0. The minimum Gasteiger partial charge on any atom is -0.307 e. The van der Waals surface area contributed by atoms with Crippen molar-refractivity contribution in [2.45, 2.75) is 0 Å². The molecule has 0 aliphatic rings. The lowest BCUT2D eigenvalue weighted by atomic mass is 9.99. The first kappa shape index (κ1) is 34.2. The standard InChI is InChI=1S/C58H35N5/c1-3-19-38-36(17-1)37-18-2-4-20-39(37)46-27-16-29-48(57(46)63-54-34-14-9-25-44(54)47-28-15-26-45(38)56(47)63)49-35-55(61-50-30-10-5-21-40(50)41-22-6-11-31-51(41)61)60-58(59-49)62-52-32-12-7-23-42(52)43-24-8-13-33-53(43)62/h1-35H. The number of nitrogens with zero attached hydrogens (tertiary/aromatic N) is 5. The van der Waals surface area contributed by atoms with Crippen LogP contribution in [0.4, 0.5) is 0 Å². The Kier molecular flexibility index (Phi) is 7.05. The second kappa shape index (κ2) is 13.0. The fraction of sp³-hybridized carbons (Fsp3) is 0. The average Bonchev–Trinajstić information content (AvgIpc) is 4.00. The predicted octanol–water partition coefficient (Wildman–Crippen LogP) is 14.9. The molecule has 0 unspecified atom stereocenters. The third-order valence-corrected chi connectivity index (χ3v) is 13.2. The molecule has 0 radical (unpaired) electrons. The first-order valence-electron chi connectivity index (χ1n) is 21.5. The highest BCUT2D eigenvalue weighted by atomic mass is 15.2. The van der Waals surface area contributed by atoms with Crippen LogP contribution in [0, 0.1) is 0 Å². The number of benzene rings is 9. The monoisotopic (exact) mass is 801 g/mol. The second-order valence-corrected chi connectivity index (χ2v) is 16.5. The summed E-state index contributed by atoms with van der Waals surface area (Å²) in [7, 11) is 0. The van der Waals surface area contributed by atoms with Gasteiger partial charge in [0.2, 0.25) is 5.95 Å². The van der Waals surface area contributed by atoms with E-state index < -0.39 is 0 Å². The minimum absolute atomic E-state index is 0.609. The van der Waals surface area contributed by atoms with Crippen molar-refractivity contribution >= 4 is 103 Å². The molecule has 0 aliphatic carbocycles. The number of hydrogen-bond acceptors (Lipinski definition) is 2. The molecule has 5 heteroatoms. The number of rotatable bonds is 3. The largest absolute Gasteiger partial charge is 0.307 e. The van der Waals surface area contributed by atoms with Crippen molar-refractivity contribution in [1.29, 1.82) is 0 Å². The number of aromatic nitrogens is 5. The summed E-state index contributed by atoms with van der Waals surface area (Å²) in [6, 6.07) is 76.8. The molecule has 0 saturated heterocycles. The summed E-state index contributed by atoms with van der Waals surface area (Å²) < 4.78 is 7.08. The average molecular weight is 802 g/mol. The van der Waals surface area contributed by atoms with E-state index in [9.17, 15) is 0 Å². The summed E-state index contributed by atoms with van der Waals surface area (Å²) in [6.07, 6.45) is 0. The van der Waals surface area contributed by atoms with Gasteiger partial charge in [0.15, 0.2) is 0 Å². The zero-order valence-electron chi connectivity index (χ0n) is 33.9. The van der Waals surface area contributed by atoms with E-state index in [1.165, 1.54) is 54.0 Å². The Labute approximate surface area is 360 Å². The zero-order valence-corrected chi connectivity index (χ0v) is 33.9. The zero-order chi connectivity index (χ0) is 41.2. The molecular weight excluding hydrogens is 767 g/mol. The molecule has 0 N–H and O–H groups in total. The van der Waals surface area contributed by atoms with Crippen LogP contribution in [0.5, 0.6) is 0 Å². The van der Waals surface area contributed by atoms with Crippen LogP contribution in [0.3, 0.4) is 0 Å². The van der Waals surface area contributed by atoms with Gasteiger partial charge in [-0.1, -0.05) is 176 Å². The van der Waals surface area contributed by atoms with Gasteiger partial charge in [0.05, 0.1) is 44.3 Å². The summed E-state index contributed by atoms with van der Waals surface area (Å²) in [5, 5.41) is 14.2. The normalized spacial score (nSPS) is 12.1. The van der Waals surface area contributed by atoms with Gasteiger partial charge in [-0.3, -0.25) is 9.13 Å². The van der Waals surface area contributed by atoms with Crippen molar-refractivity contribution in [2.75, 3.05) is 0 Å². The molecule has 14 rings (SSSR count). The van der Waals surface area contributed by atoms with Gasteiger partial charge in [-0.05, 0) is 51.9 Å². The van der Waals surface area contributed by atoms with Crippen molar-refractivity contribution in [3.8, 4) is 23.0 Å². The fourth-order valence-electron chi connectivity index (χ4n) is 10.7. The fourth-order valence-corrected chi connectivity index (χ4v) is 10.7. The van der Waals surface area contributed by atoms with E-state index in [0.717, 1.165) is 66.3 Å². The van der Waals surface area contributed by atoms with Crippen LogP contribution in [-0.2, 0) is 0 Å². The van der Waals surface area contributed by atoms with Crippen LogP contribution in [0.2, 0.25) is 0 Å². The topological polar surface area (TPSA) is 40.0 Å². The molecule has 5 nitrogen and oxygen atoms in total. The van der Waals surface area contributed by atoms with Gasteiger partial charge in [-0.15, -0.1) is 0 Å². The molecule has 5 aromatic heterocycles. The molecule has 0 atom stereocenters. The van der Waals surface area contributed by atoms with Gasteiger partial charge in [-0.2, -0.15) is 4.98 Å². The van der Waals surface area contributed by atoms with Crippen molar-refractivity contribution in [1.82, 2.24) is 23.5 Å². The van der Waals surface area contributed by atoms with Crippen molar-refractivity contribution in [3.63, 3.8) is 0 Å². The Bertz CT molecular complexity index is 4040. The van der Waals surface area contributed by atoms with E-state index in [1.54, 1.807) is 0 Å². The maximum atomic E-state index is 5.71. The van der Waals surface area contributed by atoms with Crippen LogP contribution in [0.15, 0.2) is 212 Å². The molecule has 292 valence electrons. The quantitative estimate of drug-likeness (QED) is 0.179. The van der Waals surface area contributed by atoms with E-state index in [-0.39, 0.29) is 0 Å². The molecular formula is C58H35N5. The Morgan fingerprint density at radius 3 is 1.13 bits per heavy atom. The van der Waals surface area contributed by atoms with Crippen molar-refractivity contribution in [2.24, 2.45) is 0 Å². The smallest absolute Gasteiger partial charge is 0.237 e. The lowest BCUT2D eigenvalue weighted by Gasteiger charge is -2.15. The van der Waals surface area contributed by atoms with Gasteiger partial charge in [0.1, 0.15) is 5.82 Å². The maximum Gasteiger partial charge on any atom is 0.237 e. The highest BCUT2D eigenvalue weighted by molar-refractivity contribution is 6.26. The van der Waals surface area contributed by atoms with Crippen LogP contribution in [0.1, 0.15) is 0 Å². The molecule has 0 aliphatic heterocycles. The Morgan fingerprint density at radius 2 is 0.619 bits per heavy atom. The third-order valence-electron chi connectivity index (χ3n) is 13.2. The van der Waals surface area contributed by atoms with E-state index in [4.69, 9.17) is 9.97 Å². The van der Waals surface area contributed by atoms with E-state index in [0.29, 0.717) is 5.95 Å². The molecule has 9 aromatic carbocycles. The maximum absolute atomic E-state index is 5.71. The molecule has 0 fully saturated rings. The molecule has 0 amide bonds. The SMILES string of the molecule is c1ccc2c(c1)c1ccccc1c1cccc3c4ccccc4n(c4c(-c5cc(-n6c7ccccc7c7ccccc76)nc(-n6c7ccccc7c7ccccc76)n5)cccc24)c13. The van der Waals surface area contributed by atoms with Crippen molar-refractivity contribution in [3.05, 3.63) is 212 Å². The highest BCUT2D eigenvalue weighted by Gasteiger charge is 2.22. The molecule has 0 saturated carbocycles.